The first-order chi connectivity index (χ1) is 15.5. The summed E-state index contributed by atoms with van der Waals surface area (Å²) < 4.78 is 17.0. The number of ketones is 1. The van der Waals surface area contributed by atoms with Crippen LogP contribution >= 0.6 is 0 Å². The van der Waals surface area contributed by atoms with E-state index in [2.05, 4.69) is 10.6 Å². The average Bonchev–Trinajstić information content (AvgIpc) is 3.11. The molecular weight excluding hydrogens is 408 g/mol. The Bertz CT molecular complexity index is 1120. The van der Waals surface area contributed by atoms with Gasteiger partial charge < -0.3 is 24.8 Å². The van der Waals surface area contributed by atoms with E-state index in [0.717, 1.165) is 37.1 Å². The maximum Gasteiger partial charge on any atom is 0.235 e. The number of hydrogen-bond acceptors (Lipinski definition) is 6. The highest BCUT2D eigenvalue weighted by Gasteiger charge is 2.41. The number of ether oxygens (including phenoxy) is 3. The summed E-state index contributed by atoms with van der Waals surface area (Å²) in [4.78, 5) is 25.5. The number of hydrogen-bond donors (Lipinski definition) is 2. The zero-order valence-corrected chi connectivity index (χ0v) is 18.2. The van der Waals surface area contributed by atoms with E-state index in [1.165, 1.54) is 0 Å². The van der Waals surface area contributed by atoms with Gasteiger partial charge in [-0.1, -0.05) is 18.2 Å². The minimum Gasteiger partial charge on any atom is -0.493 e. The molecule has 5 rings (SSSR count). The summed E-state index contributed by atoms with van der Waals surface area (Å²) in [5, 5.41) is 6.22. The van der Waals surface area contributed by atoms with Gasteiger partial charge in [0.25, 0.3) is 0 Å². The van der Waals surface area contributed by atoms with Gasteiger partial charge in [0.15, 0.2) is 17.3 Å². The van der Waals surface area contributed by atoms with Crippen molar-refractivity contribution in [3.63, 3.8) is 0 Å². The molecule has 3 aliphatic heterocycles. The van der Waals surface area contributed by atoms with E-state index in [1.54, 1.807) is 20.3 Å². The summed E-state index contributed by atoms with van der Waals surface area (Å²) in [6.45, 7) is 1.73. The van der Waals surface area contributed by atoms with E-state index < -0.39 is 5.92 Å². The number of methoxy groups -OCH3 is 2. The fourth-order valence-electron chi connectivity index (χ4n) is 4.79. The third-order valence-electron chi connectivity index (χ3n) is 6.54. The average molecular weight is 434 g/mol. The Kier molecular flexibility index (Phi) is 5.13. The van der Waals surface area contributed by atoms with Crippen molar-refractivity contribution in [2.45, 2.75) is 30.8 Å². The molecule has 166 valence electrons. The van der Waals surface area contributed by atoms with Crippen LogP contribution in [0.1, 0.15) is 46.7 Å². The molecule has 1 spiro atoms. The van der Waals surface area contributed by atoms with E-state index in [-0.39, 0.29) is 17.3 Å². The third kappa shape index (κ3) is 3.52. The lowest BCUT2D eigenvalue weighted by Gasteiger charge is -2.40. The number of Topliss-reactive ketones (excluding diaryl/α,β-unsaturated/α-hetero) is 1. The molecule has 3 aliphatic rings. The predicted octanol–water partition coefficient (Wildman–Crippen LogP) is 3.54. The number of carbonyl (C=O) groups excluding carboxylic acids is 2. The van der Waals surface area contributed by atoms with E-state index in [1.807, 2.05) is 36.4 Å². The molecule has 2 aromatic carbocycles. The Labute approximate surface area is 186 Å². The molecule has 2 aromatic rings. The van der Waals surface area contributed by atoms with Crippen molar-refractivity contribution < 1.29 is 23.8 Å². The fourth-order valence-corrected chi connectivity index (χ4v) is 4.79. The number of benzene rings is 2. The van der Waals surface area contributed by atoms with Gasteiger partial charge in [-0.3, -0.25) is 9.59 Å². The maximum atomic E-state index is 12.9. The molecule has 1 atom stereocenters. The fraction of sp³-hybridized carbons (Fsp3) is 0.360. The molecule has 0 saturated carbocycles. The smallest absolute Gasteiger partial charge is 0.235 e. The maximum absolute atomic E-state index is 12.9. The SMILES string of the molecule is COc1cc2c(cc1OC)C(/C=C\c1ccc3c(c1)C(=O)CC1(CCNCC1)O3)C(=O)N2. The molecule has 1 unspecified atom stereocenters. The second-order valence-electron chi connectivity index (χ2n) is 8.51. The summed E-state index contributed by atoms with van der Waals surface area (Å²) in [6, 6.07) is 9.23. The van der Waals surface area contributed by atoms with Crippen molar-refractivity contribution in [2.75, 3.05) is 32.6 Å². The van der Waals surface area contributed by atoms with Gasteiger partial charge in [-0.05, 0) is 42.4 Å². The number of carbonyl (C=O) groups is 2. The summed E-state index contributed by atoms with van der Waals surface area (Å²) in [5.41, 5.74) is 2.62. The number of fused-ring (bicyclic) bond motifs is 2. The van der Waals surface area contributed by atoms with E-state index in [0.29, 0.717) is 34.9 Å². The minimum atomic E-state index is -0.453. The van der Waals surface area contributed by atoms with Crippen LogP contribution in [-0.4, -0.2) is 44.6 Å². The minimum absolute atomic E-state index is 0.114. The van der Waals surface area contributed by atoms with Crippen LogP contribution in [0.25, 0.3) is 6.08 Å². The van der Waals surface area contributed by atoms with Crippen LogP contribution in [0.4, 0.5) is 5.69 Å². The van der Waals surface area contributed by atoms with Gasteiger partial charge in [0.1, 0.15) is 11.4 Å². The van der Waals surface area contributed by atoms with Crippen LogP contribution in [0.5, 0.6) is 17.2 Å². The normalized spacial score (nSPS) is 21.1. The highest BCUT2D eigenvalue weighted by Crippen LogP contribution is 2.42. The van der Waals surface area contributed by atoms with Gasteiger partial charge in [-0.15, -0.1) is 0 Å². The highest BCUT2D eigenvalue weighted by molar-refractivity contribution is 6.05. The van der Waals surface area contributed by atoms with Crippen molar-refractivity contribution in [3.05, 3.63) is 53.1 Å². The first-order valence-corrected chi connectivity index (χ1v) is 10.8. The Morgan fingerprint density at radius 1 is 1.06 bits per heavy atom. The molecule has 7 nitrogen and oxygen atoms in total. The Balaban J connectivity index is 1.40. The van der Waals surface area contributed by atoms with Crippen LogP contribution in [-0.2, 0) is 4.79 Å². The lowest BCUT2D eigenvalue weighted by atomic mass is 9.82. The monoisotopic (exact) mass is 434 g/mol. The van der Waals surface area contributed by atoms with Crippen molar-refractivity contribution in [2.24, 2.45) is 0 Å². The number of piperidine rings is 1. The molecule has 0 bridgehead atoms. The first-order valence-electron chi connectivity index (χ1n) is 10.8. The van der Waals surface area contributed by atoms with Gasteiger partial charge in [0.2, 0.25) is 5.91 Å². The highest BCUT2D eigenvalue weighted by atomic mass is 16.5. The lowest BCUT2D eigenvalue weighted by molar-refractivity contribution is -0.116. The molecule has 3 heterocycles. The zero-order chi connectivity index (χ0) is 22.3. The predicted molar refractivity (Wildman–Crippen MR) is 121 cm³/mol. The number of amides is 1. The van der Waals surface area contributed by atoms with Crippen molar-refractivity contribution in [1.82, 2.24) is 5.32 Å². The molecule has 0 aliphatic carbocycles. The van der Waals surface area contributed by atoms with Crippen molar-refractivity contribution in [1.29, 1.82) is 0 Å². The lowest BCUT2D eigenvalue weighted by Crippen LogP contribution is -2.49. The Morgan fingerprint density at radius 2 is 1.81 bits per heavy atom. The molecule has 32 heavy (non-hydrogen) atoms. The van der Waals surface area contributed by atoms with Gasteiger partial charge in [-0.2, -0.15) is 0 Å². The molecule has 1 saturated heterocycles. The molecule has 1 amide bonds. The molecule has 7 heteroatoms. The summed E-state index contributed by atoms with van der Waals surface area (Å²) in [5.74, 6) is 1.34. The standard InChI is InChI=1S/C25H26N2O5/c1-30-22-12-17-16(24(29)27-19(17)13-23(22)31-2)5-3-15-4-6-21-18(11-15)20(28)14-25(32-21)7-9-26-10-8-25/h3-6,11-13,16,26H,7-10,14H2,1-2H3,(H,27,29)/b5-3-. The number of anilines is 1. The van der Waals surface area contributed by atoms with Gasteiger partial charge >= 0.3 is 0 Å². The molecule has 0 radical (unpaired) electrons. The molecule has 1 fully saturated rings. The molecule has 2 N–H and O–H groups in total. The molecule has 0 aromatic heterocycles. The van der Waals surface area contributed by atoms with Crippen molar-refractivity contribution in [3.8, 4) is 17.2 Å². The van der Waals surface area contributed by atoms with Crippen molar-refractivity contribution >= 4 is 23.5 Å². The summed E-state index contributed by atoms with van der Waals surface area (Å²) in [7, 11) is 3.13. The molecular formula is C25H26N2O5. The number of rotatable bonds is 4. The summed E-state index contributed by atoms with van der Waals surface area (Å²) >= 11 is 0. The van der Waals surface area contributed by atoms with Crippen LogP contribution < -0.4 is 24.8 Å². The van der Waals surface area contributed by atoms with Gasteiger partial charge in [0.05, 0.1) is 32.1 Å². The number of nitrogens with one attached hydrogen (secondary N) is 2. The second kappa shape index (κ2) is 7.98. The van der Waals surface area contributed by atoms with E-state index >= 15 is 0 Å². The third-order valence-corrected chi connectivity index (χ3v) is 6.54. The van der Waals surface area contributed by atoms with E-state index in [4.69, 9.17) is 14.2 Å². The first kappa shape index (κ1) is 20.6. The van der Waals surface area contributed by atoms with Crippen LogP contribution in [0.3, 0.4) is 0 Å². The van der Waals surface area contributed by atoms with Crippen LogP contribution in [0.2, 0.25) is 0 Å². The second-order valence-corrected chi connectivity index (χ2v) is 8.51. The Hall–Kier alpha value is -3.32. The van der Waals surface area contributed by atoms with Gasteiger partial charge in [-0.25, -0.2) is 0 Å². The largest absolute Gasteiger partial charge is 0.493 e. The topological polar surface area (TPSA) is 85.9 Å². The van der Waals surface area contributed by atoms with Gasteiger partial charge in [0, 0.05) is 24.6 Å². The van der Waals surface area contributed by atoms with Crippen LogP contribution in [0, 0.1) is 0 Å². The van der Waals surface area contributed by atoms with Crippen LogP contribution in [0.15, 0.2) is 36.4 Å². The van der Waals surface area contributed by atoms with E-state index in [9.17, 15) is 9.59 Å². The zero-order valence-electron chi connectivity index (χ0n) is 18.2. The summed E-state index contributed by atoms with van der Waals surface area (Å²) in [6.07, 6.45) is 5.80. The Morgan fingerprint density at radius 3 is 2.56 bits per heavy atom. The quantitative estimate of drug-likeness (QED) is 0.766.